The largest absolute Gasteiger partial charge is 0.337 e. The van der Waals surface area contributed by atoms with Crippen LogP contribution < -0.4 is 0 Å². The standard InChI is InChI=1S/C21H22N4OS/c1-15-12-23-18(13-22-15)20(26)25-10-8-21(9-11-25,17-6-4-3-5-7-17)19-14-27-16(2)24-19/h3-7,12-14H,8-11H2,1-2H3. The van der Waals surface area contributed by atoms with Crippen molar-refractivity contribution in [3.05, 3.63) is 75.8 Å². The molecule has 4 rings (SSSR count). The first-order valence-corrected chi connectivity index (χ1v) is 10.0. The van der Waals surface area contributed by atoms with Crippen molar-refractivity contribution in [2.45, 2.75) is 32.1 Å². The topological polar surface area (TPSA) is 59.0 Å². The van der Waals surface area contributed by atoms with Crippen LogP contribution in [-0.2, 0) is 5.41 Å². The Hall–Kier alpha value is -2.60. The van der Waals surface area contributed by atoms with Crippen LogP contribution in [0.3, 0.4) is 0 Å². The molecule has 0 unspecified atom stereocenters. The lowest BCUT2D eigenvalue weighted by Gasteiger charge is -2.41. The molecule has 1 aliphatic heterocycles. The molecule has 1 amide bonds. The van der Waals surface area contributed by atoms with Gasteiger partial charge in [-0.2, -0.15) is 0 Å². The Morgan fingerprint density at radius 3 is 2.41 bits per heavy atom. The smallest absolute Gasteiger partial charge is 0.274 e. The van der Waals surface area contributed by atoms with Crippen molar-refractivity contribution in [3.8, 4) is 0 Å². The third-order valence-corrected chi connectivity index (χ3v) is 6.11. The van der Waals surface area contributed by atoms with Gasteiger partial charge < -0.3 is 4.90 Å². The lowest BCUT2D eigenvalue weighted by Crippen LogP contribution is -2.46. The number of aromatic nitrogens is 3. The van der Waals surface area contributed by atoms with Crippen LogP contribution in [-0.4, -0.2) is 38.8 Å². The van der Waals surface area contributed by atoms with Crippen molar-refractivity contribution in [1.29, 1.82) is 0 Å². The zero-order chi connectivity index (χ0) is 18.9. The molecule has 3 heterocycles. The summed E-state index contributed by atoms with van der Waals surface area (Å²) < 4.78 is 0. The Kier molecular flexibility index (Phi) is 4.74. The van der Waals surface area contributed by atoms with E-state index in [0.717, 1.165) is 29.2 Å². The molecule has 1 aliphatic rings. The lowest BCUT2D eigenvalue weighted by molar-refractivity contribution is 0.0677. The molecule has 5 nitrogen and oxygen atoms in total. The Morgan fingerprint density at radius 2 is 1.81 bits per heavy atom. The second-order valence-corrected chi connectivity index (χ2v) is 8.10. The zero-order valence-corrected chi connectivity index (χ0v) is 16.4. The maximum Gasteiger partial charge on any atom is 0.274 e. The first-order valence-electron chi connectivity index (χ1n) is 9.14. The van der Waals surface area contributed by atoms with Crippen molar-refractivity contribution in [1.82, 2.24) is 19.9 Å². The molecule has 0 aliphatic carbocycles. The Labute approximate surface area is 163 Å². The van der Waals surface area contributed by atoms with Crippen LogP contribution in [0.1, 0.15) is 45.3 Å². The van der Waals surface area contributed by atoms with Crippen molar-refractivity contribution >= 4 is 17.2 Å². The molecule has 0 atom stereocenters. The summed E-state index contributed by atoms with van der Waals surface area (Å²) in [6.07, 6.45) is 4.92. The fourth-order valence-electron chi connectivity index (χ4n) is 3.79. The third-order valence-electron chi connectivity index (χ3n) is 5.34. The van der Waals surface area contributed by atoms with Gasteiger partial charge in [-0.05, 0) is 32.3 Å². The summed E-state index contributed by atoms with van der Waals surface area (Å²) in [5.41, 5.74) is 3.49. The first kappa shape index (κ1) is 17.8. The van der Waals surface area contributed by atoms with Gasteiger partial charge in [-0.25, -0.2) is 9.97 Å². The van der Waals surface area contributed by atoms with Gasteiger partial charge in [0.15, 0.2) is 0 Å². The van der Waals surface area contributed by atoms with Crippen molar-refractivity contribution in [2.24, 2.45) is 0 Å². The second kappa shape index (κ2) is 7.19. The van der Waals surface area contributed by atoms with E-state index in [1.807, 2.05) is 24.8 Å². The maximum absolute atomic E-state index is 12.8. The highest BCUT2D eigenvalue weighted by Crippen LogP contribution is 2.42. The van der Waals surface area contributed by atoms with Crippen LogP contribution in [0.25, 0.3) is 0 Å². The summed E-state index contributed by atoms with van der Waals surface area (Å²) in [5, 5.41) is 3.25. The number of carbonyl (C=O) groups is 1. The highest BCUT2D eigenvalue weighted by Gasteiger charge is 2.40. The van der Waals surface area contributed by atoms with E-state index >= 15 is 0 Å². The van der Waals surface area contributed by atoms with E-state index in [-0.39, 0.29) is 11.3 Å². The minimum absolute atomic E-state index is 0.0429. The fraction of sp³-hybridized carbons (Fsp3) is 0.333. The van der Waals surface area contributed by atoms with Gasteiger partial charge in [0.25, 0.3) is 5.91 Å². The quantitative estimate of drug-likeness (QED) is 0.696. The van der Waals surface area contributed by atoms with E-state index < -0.39 is 0 Å². The number of benzene rings is 1. The number of rotatable bonds is 3. The number of thiazole rings is 1. The number of piperidine rings is 1. The van der Waals surface area contributed by atoms with Crippen LogP contribution >= 0.6 is 11.3 Å². The average Bonchev–Trinajstić information content (AvgIpc) is 3.16. The molecule has 1 aromatic carbocycles. The van der Waals surface area contributed by atoms with Crippen LogP contribution in [0.5, 0.6) is 0 Å². The number of nitrogens with zero attached hydrogens (tertiary/aromatic N) is 4. The van der Waals surface area contributed by atoms with Crippen molar-refractivity contribution in [3.63, 3.8) is 0 Å². The SMILES string of the molecule is Cc1cnc(C(=O)N2CCC(c3ccccc3)(c3csc(C)n3)CC2)cn1. The monoisotopic (exact) mass is 378 g/mol. The van der Waals surface area contributed by atoms with E-state index in [9.17, 15) is 4.79 Å². The molecule has 0 saturated carbocycles. The lowest BCUT2D eigenvalue weighted by atomic mass is 9.70. The molecule has 0 bridgehead atoms. The molecular formula is C21H22N4OS. The van der Waals surface area contributed by atoms with E-state index in [0.29, 0.717) is 18.8 Å². The van der Waals surface area contributed by atoms with Gasteiger partial charge >= 0.3 is 0 Å². The molecule has 6 heteroatoms. The molecule has 0 radical (unpaired) electrons. The van der Waals surface area contributed by atoms with E-state index in [2.05, 4.69) is 39.6 Å². The third kappa shape index (κ3) is 3.37. The summed E-state index contributed by atoms with van der Waals surface area (Å²) in [7, 11) is 0. The van der Waals surface area contributed by atoms with Gasteiger partial charge in [-0.3, -0.25) is 9.78 Å². The van der Waals surface area contributed by atoms with Crippen LogP contribution in [0.15, 0.2) is 48.1 Å². The molecule has 27 heavy (non-hydrogen) atoms. The van der Waals surface area contributed by atoms with Gasteiger partial charge in [0.2, 0.25) is 0 Å². The number of hydrogen-bond donors (Lipinski definition) is 0. The number of amides is 1. The molecule has 0 N–H and O–H groups in total. The second-order valence-electron chi connectivity index (χ2n) is 7.04. The van der Waals surface area contributed by atoms with Gasteiger partial charge in [-0.15, -0.1) is 11.3 Å². The summed E-state index contributed by atoms with van der Waals surface area (Å²) in [6, 6.07) is 10.6. The molecular weight excluding hydrogens is 356 g/mol. The molecule has 1 saturated heterocycles. The highest BCUT2D eigenvalue weighted by molar-refractivity contribution is 7.09. The highest BCUT2D eigenvalue weighted by atomic mass is 32.1. The molecule has 1 fully saturated rings. The van der Waals surface area contributed by atoms with Crippen molar-refractivity contribution in [2.75, 3.05) is 13.1 Å². The molecule has 3 aromatic rings. The van der Waals surface area contributed by atoms with Crippen LogP contribution in [0, 0.1) is 13.8 Å². The molecule has 138 valence electrons. The number of hydrogen-bond acceptors (Lipinski definition) is 5. The van der Waals surface area contributed by atoms with E-state index in [1.165, 1.54) is 5.56 Å². The van der Waals surface area contributed by atoms with Crippen LogP contribution in [0.2, 0.25) is 0 Å². The van der Waals surface area contributed by atoms with E-state index in [4.69, 9.17) is 4.98 Å². The Balaban J connectivity index is 1.60. The summed E-state index contributed by atoms with van der Waals surface area (Å²) in [5.74, 6) is -0.0429. The number of aryl methyl sites for hydroxylation is 2. The Bertz CT molecular complexity index is 928. The van der Waals surface area contributed by atoms with E-state index in [1.54, 1.807) is 23.7 Å². The zero-order valence-electron chi connectivity index (χ0n) is 15.6. The predicted molar refractivity (Wildman–Crippen MR) is 106 cm³/mol. The average molecular weight is 379 g/mol. The maximum atomic E-state index is 12.8. The summed E-state index contributed by atoms with van der Waals surface area (Å²) >= 11 is 1.69. The fourth-order valence-corrected chi connectivity index (χ4v) is 4.50. The summed E-state index contributed by atoms with van der Waals surface area (Å²) in [6.45, 7) is 5.27. The normalized spacial score (nSPS) is 16.3. The minimum Gasteiger partial charge on any atom is -0.337 e. The van der Waals surface area contributed by atoms with Crippen molar-refractivity contribution < 1.29 is 4.79 Å². The minimum atomic E-state index is -0.137. The van der Waals surface area contributed by atoms with Gasteiger partial charge in [0.05, 0.1) is 22.6 Å². The predicted octanol–water partition coefficient (Wildman–Crippen LogP) is 3.77. The first-order chi connectivity index (χ1) is 13.1. The molecule has 0 spiro atoms. The van der Waals surface area contributed by atoms with Gasteiger partial charge in [0, 0.05) is 30.1 Å². The van der Waals surface area contributed by atoms with Gasteiger partial charge in [0.1, 0.15) is 5.69 Å². The number of likely N-dealkylation sites (tertiary alicyclic amines) is 1. The summed E-state index contributed by atoms with van der Waals surface area (Å²) in [4.78, 5) is 28.0. The Morgan fingerprint density at radius 1 is 1.07 bits per heavy atom. The number of carbonyl (C=O) groups excluding carboxylic acids is 1. The van der Waals surface area contributed by atoms with Crippen LogP contribution in [0.4, 0.5) is 0 Å². The molecule has 2 aromatic heterocycles. The van der Waals surface area contributed by atoms with Gasteiger partial charge in [-0.1, -0.05) is 30.3 Å².